The zero-order valence-electron chi connectivity index (χ0n) is 11.3. The van der Waals surface area contributed by atoms with Crippen molar-refractivity contribution in [1.29, 1.82) is 0 Å². The molecule has 2 aromatic heterocycles. The number of nitrogens with two attached hydrogens (primary N) is 1. The Morgan fingerprint density at radius 2 is 2.00 bits per heavy atom. The van der Waals surface area contributed by atoms with E-state index in [1.54, 1.807) is 20.0 Å². The van der Waals surface area contributed by atoms with Gasteiger partial charge in [0.25, 0.3) is 0 Å². The molecule has 0 atom stereocenters. The van der Waals surface area contributed by atoms with Crippen molar-refractivity contribution in [2.24, 2.45) is 7.05 Å². The third-order valence-electron chi connectivity index (χ3n) is 3.64. The summed E-state index contributed by atoms with van der Waals surface area (Å²) in [7, 11) is 1.59. The molecule has 0 radical (unpaired) electrons. The van der Waals surface area contributed by atoms with Gasteiger partial charge in [-0.1, -0.05) is 17.3 Å². The lowest BCUT2D eigenvalue weighted by atomic mass is 10.1. The lowest BCUT2D eigenvalue weighted by Crippen LogP contribution is -2.07. The van der Waals surface area contributed by atoms with Gasteiger partial charge < -0.3 is 14.8 Å². The monoisotopic (exact) mass is 295 g/mol. The van der Waals surface area contributed by atoms with Crippen LogP contribution in [-0.4, -0.2) is 9.72 Å². The van der Waals surface area contributed by atoms with E-state index >= 15 is 0 Å². The molecule has 1 aromatic carbocycles. The first kappa shape index (κ1) is 13.5. The number of nitrogens with zero attached hydrogens (tertiary/aromatic N) is 2. The number of hydrogen-bond acceptors (Lipinski definition) is 3. The molecule has 0 amide bonds. The number of hydrogen-bond donors (Lipinski definition) is 1. The minimum Gasteiger partial charge on any atom is -0.394 e. The second-order valence-corrected chi connectivity index (χ2v) is 4.83. The summed E-state index contributed by atoms with van der Waals surface area (Å²) >= 11 is 0. The molecule has 0 aliphatic carbocycles. The first-order valence-electron chi connectivity index (χ1n) is 6.18. The smallest absolute Gasteiger partial charge is 0.394 e. The van der Waals surface area contributed by atoms with Gasteiger partial charge in [-0.2, -0.15) is 13.2 Å². The van der Waals surface area contributed by atoms with Crippen LogP contribution >= 0.6 is 0 Å². The van der Waals surface area contributed by atoms with Crippen molar-refractivity contribution < 1.29 is 17.7 Å². The summed E-state index contributed by atoms with van der Waals surface area (Å²) in [5.74, 6) is 0.289. The summed E-state index contributed by atoms with van der Waals surface area (Å²) in [4.78, 5) is 0. The summed E-state index contributed by atoms with van der Waals surface area (Å²) in [6.07, 6.45) is -3.09. The molecular weight excluding hydrogens is 283 g/mol. The van der Waals surface area contributed by atoms with E-state index in [4.69, 9.17) is 10.3 Å². The molecule has 0 fully saturated rings. The quantitative estimate of drug-likeness (QED) is 0.744. The molecule has 0 aliphatic rings. The fraction of sp³-hybridized carbons (Fsp3) is 0.214. The number of aromatic nitrogens is 2. The van der Waals surface area contributed by atoms with E-state index in [1.165, 1.54) is 16.8 Å². The van der Waals surface area contributed by atoms with Crippen LogP contribution in [0.4, 0.5) is 18.9 Å². The van der Waals surface area contributed by atoms with E-state index in [0.717, 1.165) is 6.07 Å². The van der Waals surface area contributed by atoms with Crippen LogP contribution in [0.15, 0.2) is 28.9 Å². The number of benzene rings is 1. The Morgan fingerprint density at radius 3 is 2.57 bits per heavy atom. The van der Waals surface area contributed by atoms with Crippen LogP contribution in [-0.2, 0) is 13.2 Å². The highest BCUT2D eigenvalue weighted by atomic mass is 19.4. The van der Waals surface area contributed by atoms with E-state index in [2.05, 4.69) is 5.16 Å². The second kappa shape index (κ2) is 4.28. The molecule has 0 aliphatic heterocycles. The summed E-state index contributed by atoms with van der Waals surface area (Å²) in [6, 6.07) is 4.06. The van der Waals surface area contributed by atoms with E-state index in [1.807, 2.05) is 0 Å². The topological polar surface area (TPSA) is 57.0 Å². The standard InChI is InChI=1S/C14H12F3N3O/c1-7-11(13-10(18)6-19-21-13)8-4-3-5-9(14(15,16)17)12(8)20(7)2/h3-6H,18H2,1-2H3. The minimum absolute atomic E-state index is 0.105. The predicted molar refractivity (Wildman–Crippen MR) is 72.6 cm³/mol. The van der Waals surface area contributed by atoms with Gasteiger partial charge in [-0.15, -0.1) is 0 Å². The maximum atomic E-state index is 13.2. The number of halogens is 3. The third kappa shape index (κ3) is 1.88. The molecule has 4 nitrogen and oxygen atoms in total. The Hall–Kier alpha value is -2.44. The lowest BCUT2D eigenvalue weighted by molar-refractivity contribution is -0.136. The Balaban J connectivity index is 2.45. The molecule has 110 valence electrons. The molecule has 3 aromatic rings. The van der Waals surface area contributed by atoms with Gasteiger partial charge in [0.2, 0.25) is 0 Å². The van der Waals surface area contributed by atoms with Gasteiger partial charge in [-0.3, -0.25) is 0 Å². The third-order valence-corrected chi connectivity index (χ3v) is 3.64. The van der Waals surface area contributed by atoms with Gasteiger partial charge >= 0.3 is 6.18 Å². The first-order chi connectivity index (χ1) is 9.82. The van der Waals surface area contributed by atoms with Gasteiger partial charge in [-0.05, 0) is 13.0 Å². The van der Waals surface area contributed by atoms with Crippen LogP contribution in [0.3, 0.4) is 0 Å². The Kier molecular flexibility index (Phi) is 2.76. The van der Waals surface area contributed by atoms with E-state index in [9.17, 15) is 13.2 Å². The van der Waals surface area contributed by atoms with Crippen molar-refractivity contribution in [3.05, 3.63) is 35.7 Å². The number of alkyl halides is 3. The van der Waals surface area contributed by atoms with Gasteiger partial charge in [0.1, 0.15) is 5.69 Å². The normalized spacial score (nSPS) is 12.2. The number of rotatable bonds is 1. The van der Waals surface area contributed by atoms with Crippen LogP contribution in [0.2, 0.25) is 0 Å². The largest absolute Gasteiger partial charge is 0.418 e. The first-order valence-corrected chi connectivity index (χ1v) is 6.18. The van der Waals surface area contributed by atoms with Crippen molar-refractivity contribution in [1.82, 2.24) is 9.72 Å². The fourth-order valence-electron chi connectivity index (χ4n) is 2.59. The highest BCUT2D eigenvalue weighted by Crippen LogP contribution is 2.42. The van der Waals surface area contributed by atoms with Gasteiger partial charge in [0.05, 0.1) is 22.8 Å². The SMILES string of the molecule is Cc1c(-c2oncc2N)c2cccc(C(F)(F)F)c2n1C. The molecule has 0 bridgehead atoms. The summed E-state index contributed by atoms with van der Waals surface area (Å²) in [5, 5.41) is 4.03. The number of anilines is 1. The van der Waals surface area contributed by atoms with Crippen LogP contribution in [0, 0.1) is 6.92 Å². The molecule has 0 spiro atoms. The van der Waals surface area contributed by atoms with E-state index in [-0.39, 0.29) is 11.3 Å². The molecule has 2 N–H and O–H groups in total. The molecule has 3 rings (SSSR count). The summed E-state index contributed by atoms with van der Waals surface area (Å²) in [6.45, 7) is 1.72. The molecule has 0 saturated carbocycles. The van der Waals surface area contributed by atoms with Crippen molar-refractivity contribution in [2.45, 2.75) is 13.1 Å². The van der Waals surface area contributed by atoms with Crippen LogP contribution in [0.25, 0.3) is 22.2 Å². The second-order valence-electron chi connectivity index (χ2n) is 4.83. The zero-order chi connectivity index (χ0) is 15.4. The fourth-order valence-corrected chi connectivity index (χ4v) is 2.59. The summed E-state index contributed by atoms with van der Waals surface area (Å²) in [5.41, 5.74) is 6.66. The van der Waals surface area contributed by atoms with Crippen molar-refractivity contribution in [3.63, 3.8) is 0 Å². The van der Waals surface area contributed by atoms with Crippen LogP contribution in [0.1, 0.15) is 11.3 Å². The van der Waals surface area contributed by atoms with Crippen molar-refractivity contribution in [3.8, 4) is 11.3 Å². The zero-order valence-corrected chi connectivity index (χ0v) is 11.3. The Labute approximate surface area is 117 Å². The predicted octanol–water partition coefficient (Wildman–Crippen LogP) is 3.74. The molecule has 2 heterocycles. The average Bonchev–Trinajstić information content (AvgIpc) is 2.92. The summed E-state index contributed by atoms with van der Waals surface area (Å²) < 4.78 is 46.2. The van der Waals surface area contributed by atoms with E-state index in [0.29, 0.717) is 22.3 Å². The van der Waals surface area contributed by atoms with E-state index < -0.39 is 11.7 Å². The average molecular weight is 295 g/mol. The maximum Gasteiger partial charge on any atom is 0.418 e. The minimum atomic E-state index is -4.43. The highest BCUT2D eigenvalue weighted by molar-refractivity contribution is 6.00. The maximum absolute atomic E-state index is 13.2. The highest BCUT2D eigenvalue weighted by Gasteiger charge is 2.35. The molecule has 7 heteroatoms. The number of nitrogen functional groups attached to an aromatic ring is 1. The van der Waals surface area contributed by atoms with Crippen molar-refractivity contribution in [2.75, 3.05) is 5.73 Å². The molecule has 0 unspecified atom stereocenters. The molecule has 0 saturated heterocycles. The lowest BCUT2D eigenvalue weighted by Gasteiger charge is -2.10. The number of aryl methyl sites for hydroxylation is 1. The van der Waals surface area contributed by atoms with Crippen LogP contribution < -0.4 is 5.73 Å². The van der Waals surface area contributed by atoms with Gasteiger partial charge in [-0.25, -0.2) is 0 Å². The number of fused-ring (bicyclic) bond motifs is 1. The Morgan fingerprint density at radius 1 is 1.29 bits per heavy atom. The van der Waals surface area contributed by atoms with Crippen LogP contribution in [0.5, 0.6) is 0 Å². The molecular formula is C14H12F3N3O. The molecule has 21 heavy (non-hydrogen) atoms. The Bertz CT molecular complexity index is 830. The number of para-hydroxylation sites is 1. The van der Waals surface area contributed by atoms with Gasteiger partial charge in [0.15, 0.2) is 5.76 Å². The van der Waals surface area contributed by atoms with Gasteiger partial charge in [0, 0.05) is 18.1 Å². The van der Waals surface area contributed by atoms with Crippen molar-refractivity contribution >= 4 is 16.6 Å².